The third-order valence-corrected chi connectivity index (χ3v) is 9.24. The molecule has 1 heterocycles. The van der Waals surface area contributed by atoms with Gasteiger partial charge in [-0.3, -0.25) is 0 Å². The van der Waals surface area contributed by atoms with Gasteiger partial charge in [0.2, 0.25) is 17.2 Å². The van der Waals surface area contributed by atoms with Gasteiger partial charge in [0, 0.05) is 21.9 Å². The van der Waals surface area contributed by atoms with Crippen LogP contribution in [-0.2, 0) is 0 Å². The number of phenolic OH excluding ortho intramolecular Hbond substituents is 9. The first-order chi connectivity index (χ1) is 23.5. The Hall–Kier alpha value is -6.94. The third kappa shape index (κ3) is 3.94. The molecule has 242 valence electrons. The highest BCUT2D eigenvalue weighted by molar-refractivity contribution is 6.26. The van der Waals surface area contributed by atoms with Gasteiger partial charge in [-0.2, -0.15) is 0 Å². The molecule has 0 fully saturated rings. The van der Waals surface area contributed by atoms with E-state index in [4.69, 9.17) is 4.42 Å². The lowest BCUT2D eigenvalue weighted by Gasteiger charge is -2.20. The van der Waals surface area contributed by atoms with Crippen LogP contribution in [0.5, 0.6) is 51.7 Å². The summed E-state index contributed by atoms with van der Waals surface area (Å²) in [5.74, 6) is -6.91. The molecule has 0 radical (unpaired) electrons. The molecule has 0 amide bonds. The lowest BCUT2D eigenvalue weighted by Crippen LogP contribution is -1.93. The molecule has 8 rings (SSSR count). The summed E-state index contributed by atoms with van der Waals surface area (Å²) in [7, 11) is 0. The van der Waals surface area contributed by atoms with Gasteiger partial charge in [-0.05, 0) is 63.4 Å². The first-order valence-electron chi connectivity index (χ1n) is 15.1. The van der Waals surface area contributed by atoms with Gasteiger partial charge in [0.05, 0.1) is 11.1 Å². The van der Waals surface area contributed by atoms with Crippen LogP contribution in [0, 0.1) is 6.92 Å². The smallest absolute Gasteiger partial charge is 0.208 e. The lowest BCUT2D eigenvalue weighted by atomic mass is 9.84. The number of hydrogen-bond donors (Lipinski definition) is 9. The van der Waals surface area contributed by atoms with Crippen LogP contribution < -0.4 is 0 Å². The van der Waals surface area contributed by atoms with Crippen molar-refractivity contribution in [2.24, 2.45) is 0 Å². The van der Waals surface area contributed by atoms with Crippen molar-refractivity contribution < 1.29 is 50.4 Å². The van der Waals surface area contributed by atoms with Gasteiger partial charge in [-0.15, -0.1) is 0 Å². The number of phenols is 9. The van der Waals surface area contributed by atoms with Crippen LogP contribution >= 0.6 is 0 Å². The maximum atomic E-state index is 11.2. The first-order valence-corrected chi connectivity index (χ1v) is 15.1. The van der Waals surface area contributed by atoms with E-state index in [0.29, 0.717) is 32.9 Å². The lowest BCUT2D eigenvalue weighted by molar-refractivity contribution is 0.330. The van der Waals surface area contributed by atoms with Gasteiger partial charge >= 0.3 is 0 Å². The van der Waals surface area contributed by atoms with Crippen molar-refractivity contribution in [3.63, 3.8) is 0 Å². The second-order valence-electron chi connectivity index (χ2n) is 11.8. The Kier molecular flexibility index (Phi) is 6.18. The number of aromatic hydroxyl groups is 9. The van der Waals surface area contributed by atoms with E-state index in [2.05, 4.69) is 0 Å². The maximum absolute atomic E-state index is 11.2. The highest BCUT2D eigenvalue weighted by Gasteiger charge is 2.28. The molecule has 49 heavy (non-hydrogen) atoms. The number of hydrogen-bond acceptors (Lipinski definition) is 10. The second kappa shape index (κ2) is 10.3. The molecule has 0 aliphatic heterocycles. The van der Waals surface area contributed by atoms with Crippen molar-refractivity contribution in [2.45, 2.75) is 6.92 Å². The van der Waals surface area contributed by atoms with E-state index in [1.807, 2.05) is 60.7 Å². The summed E-state index contributed by atoms with van der Waals surface area (Å²) in [4.78, 5) is 0. The fraction of sp³-hybridized carbons (Fsp3) is 0.0256. The summed E-state index contributed by atoms with van der Waals surface area (Å²) in [6, 6.07) is 25.2. The van der Waals surface area contributed by atoms with Crippen molar-refractivity contribution in [3.8, 4) is 85.1 Å². The van der Waals surface area contributed by atoms with Gasteiger partial charge in [0.1, 0.15) is 11.2 Å². The van der Waals surface area contributed by atoms with Crippen LogP contribution in [0.15, 0.2) is 89.3 Å². The zero-order valence-corrected chi connectivity index (χ0v) is 25.5. The Morgan fingerprint density at radius 1 is 0.388 bits per heavy atom. The minimum absolute atomic E-state index is 0.0601. The first kappa shape index (κ1) is 29.5. The normalized spacial score (nSPS) is 11.7. The summed E-state index contributed by atoms with van der Waals surface area (Å²) in [6.45, 7) is 1.38. The molecule has 0 unspecified atom stereocenters. The maximum Gasteiger partial charge on any atom is 0.208 e. The Morgan fingerprint density at radius 2 is 0.878 bits per heavy atom. The van der Waals surface area contributed by atoms with E-state index in [1.54, 1.807) is 18.2 Å². The number of fused-ring (bicyclic) bond motifs is 5. The average molecular weight is 655 g/mol. The van der Waals surface area contributed by atoms with Crippen molar-refractivity contribution in [2.75, 3.05) is 0 Å². The molecule has 7 aromatic carbocycles. The predicted octanol–water partition coefficient (Wildman–Crippen LogP) is 8.55. The molecule has 10 heteroatoms. The molecule has 1 aromatic heterocycles. The van der Waals surface area contributed by atoms with Crippen molar-refractivity contribution in [1.29, 1.82) is 0 Å². The largest absolute Gasteiger partial charge is 0.504 e. The number of rotatable bonds is 3. The Morgan fingerprint density at radius 3 is 1.43 bits per heavy atom. The molecule has 0 saturated carbocycles. The molecular formula is C39H26O10. The van der Waals surface area contributed by atoms with Gasteiger partial charge in [0.15, 0.2) is 34.5 Å². The van der Waals surface area contributed by atoms with Crippen LogP contribution in [-0.4, -0.2) is 46.0 Å². The van der Waals surface area contributed by atoms with Crippen LogP contribution in [0.25, 0.3) is 76.9 Å². The minimum atomic E-state index is -1.06. The summed E-state index contributed by atoms with van der Waals surface area (Å²) in [5, 5.41) is 99.0. The quantitative estimate of drug-likeness (QED) is 0.0506. The number of benzene rings is 7. The zero-order chi connectivity index (χ0) is 34.5. The van der Waals surface area contributed by atoms with Crippen molar-refractivity contribution in [1.82, 2.24) is 0 Å². The molecule has 0 aliphatic rings. The van der Waals surface area contributed by atoms with Crippen molar-refractivity contribution >= 4 is 43.5 Å². The van der Waals surface area contributed by atoms with E-state index in [9.17, 15) is 46.0 Å². The zero-order valence-electron chi connectivity index (χ0n) is 25.5. The highest BCUT2D eigenvalue weighted by Crippen LogP contribution is 2.57. The number of furan rings is 1. The molecule has 0 saturated heterocycles. The Labute approximate surface area is 276 Å². The molecule has 0 bridgehead atoms. The molecule has 8 aromatic rings. The van der Waals surface area contributed by atoms with Gasteiger partial charge < -0.3 is 50.4 Å². The fourth-order valence-electron chi connectivity index (χ4n) is 6.89. The second-order valence-corrected chi connectivity index (χ2v) is 11.8. The fourth-order valence-corrected chi connectivity index (χ4v) is 6.89. The van der Waals surface area contributed by atoms with E-state index < -0.39 is 51.7 Å². The minimum Gasteiger partial charge on any atom is -0.504 e. The molecule has 0 atom stereocenters. The third-order valence-electron chi connectivity index (χ3n) is 9.24. The molecule has 9 N–H and O–H groups in total. The van der Waals surface area contributed by atoms with Crippen LogP contribution in [0.2, 0.25) is 0 Å². The molecule has 0 spiro atoms. The standard InChI is InChI=1S/C39H26O10/c1-16-31(40)35(44)30(36(45)32(16)41)29-20-9-4-2-7-18(20)27(19-8-3-5-10-21(19)29)23-11-6-12-24-28(23)22-14-13-17(15-25(22)49-24)26-33(42)37(46)39(48)38(47)34(26)43/h2-15,40-48H,1H3. The average Bonchev–Trinajstić information content (AvgIpc) is 3.50. The summed E-state index contributed by atoms with van der Waals surface area (Å²) in [6.07, 6.45) is 0. The van der Waals surface area contributed by atoms with Gasteiger partial charge in [0.25, 0.3) is 0 Å². The van der Waals surface area contributed by atoms with Crippen LogP contribution in [0.3, 0.4) is 0 Å². The van der Waals surface area contributed by atoms with E-state index in [1.165, 1.54) is 13.0 Å². The van der Waals surface area contributed by atoms with Gasteiger partial charge in [-0.1, -0.05) is 66.7 Å². The Balaban J connectivity index is 1.45. The van der Waals surface area contributed by atoms with Crippen LogP contribution in [0.4, 0.5) is 0 Å². The van der Waals surface area contributed by atoms with E-state index in [-0.39, 0.29) is 22.3 Å². The topological polar surface area (TPSA) is 195 Å². The SMILES string of the molecule is Cc1c(O)c(O)c(-c2c3ccccc3c(-c3cccc4oc5cc(-c6c(O)c(O)c(O)c(O)c6O)ccc5c34)c3ccccc23)c(O)c1O. The highest BCUT2D eigenvalue weighted by atomic mass is 16.4. The summed E-state index contributed by atoms with van der Waals surface area (Å²) < 4.78 is 6.27. The molecule has 10 nitrogen and oxygen atoms in total. The monoisotopic (exact) mass is 654 g/mol. The summed E-state index contributed by atoms with van der Waals surface area (Å²) in [5.41, 5.74) is 2.57. The molecular weight excluding hydrogens is 628 g/mol. The van der Waals surface area contributed by atoms with Crippen molar-refractivity contribution in [3.05, 3.63) is 90.5 Å². The predicted molar refractivity (Wildman–Crippen MR) is 185 cm³/mol. The van der Waals surface area contributed by atoms with E-state index in [0.717, 1.165) is 27.3 Å². The Bertz CT molecular complexity index is 2610. The summed E-state index contributed by atoms with van der Waals surface area (Å²) >= 11 is 0. The van der Waals surface area contributed by atoms with E-state index >= 15 is 0 Å². The van der Waals surface area contributed by atoms with Crippen LogP contribution in [0.1, 0.15) is 5.56 Å². The van der Waals surface area contributed by atoms with Gasteiger partial charge in [-0.25, -0.2) is 0 Å². The molecule has 0 aliphatic carbocycles.